The zero-order valence-corrected chi connectivity index (χ0v) is 23.8. The van der Waals surface area contributed by atoms with Crippen molar-refractivity contribution in [3.8, 4) is 11.5 Å². The monoisotopic (exact) mass is 525 g/mol. The van der Waals surface area contributed by atoms with E-state index in [2.05, 4.69) is 11.6 Å². The molecule has 2 aromatic rings. The number of aromatic nitrogens is 1. The van der Waals surface area contributed by atoms with Gasteiger partial charge in [-0.3, -0.25) is 9.89 Å². The van der Waals surface area contributed by atoms with Gasteiger partial charge in [0, 0.05) is 28.6 Å². The number of hydrogen-bond acceptors (Lipinski definition) is 7. The summed E-state index contributed by atoms with van der Waals surface area (Å²) in [5.41, 5.74) is 2.78. The van der Waals surface area contributed by atoms with Crippen LogP contribution < -0.4 is 9.47 Å². The number of pyridine rings is 1. The molecule has 0 radical (unpaired) electrons. The van der Waals surface area contributed by atoms with Gasteiger partial charge in [-0.1, -0.05) is 27.4 Å². The molecular weight excluding hydrogens is 486 g/mol. The third-order valence-electron chi connectivity index (χ3n) is 6.67. The zero-order valence-electron chi connectivity index (χ0n) is 23.8. The predicted octanol–water partition coefficient (Wildman–Crippen LogP) is 5.62. The summed E-state index contributed by atoms with van der Waals surface area (Å²) in [7, 11) is 1.60. The van der Waals surface area contributed by atoms with E-state index in [1.165, 1.54) is 4.90 Å². The maximum Gasteiger partial charge on any atom is 0.411 e. The predicted molar refractivity (Wildman–Crippen MR) is 147 cm³/mol. The second kappa shape index (κ2) is 11.0. The van der Waals surface area contributed by atoms with Gasteiger partial charge in [-0.15, -0.1) is 0 Å². The van der Waals surface area contributed by atoms with E-state index in [0.29, 0.717) is 28.4 Å². The van der Waals surface area contributed by atoms with E-state index >= 15 is 0 Å². The molecule has 1 aliphatic heterocycles. The van der Waals surface area contributed by atoms with E-state index < -0.39 is 35.7 Å². The molecule has 38 heavy (non-hydrogen) atoms. The lowest BCUT2D eigenvalue weighted by Gasteiger charge is -2.27. The van der Waals surface area contributed by atoms with Crippen LogP contribution in [0.3, 0.4) is 0 Å². The van der Waals surface area contributed by atoms with E-state index in [9.17, 15) is 14.7 Å². The number of nitrogens with zero attached hydrogens (tertiary/aromatic N) is 3. The van der Waals surface area contributed by atoms with Crippen LogP contribution >= 0.6 is 0 Å². The molecule has 1 fully saturated rings. The first kappa shape index (κ1) is 28.9. The molecule has 0 aliphatic carbocycles. The quantitative estimate of drug-likeness (QED) is 0.467. The van der Waals surface area contributed by atoms with Crippen molar-refractivity contribution in [1.82, 2.24) is 9.88 Å². The molecule has 1 amide bonds. The molecule has 0 unspecified atom stereocenters. The molecule has 0 saturated carbocycles. The van der Waals surface area contributed by atoms with Crippen molar-refractivity contribution < 1.29 is 28.9 Å². The highest BCUT2D eigenvalue weighted by Gasteiger charge is 2.48. The Morgan fingerprint density at radius 3 is 2.45 bits per heavy atom. The minimum absolute atomic E-state index is 0.0680. The van der Waals surface area contributed by atoms with Crippen LogP contribution in [0, 0.1) is 18.8 Å². The van der Waals surface area contributed by atoms with Crippen LogP contribution in [-0.4, -0.2) is 64.2 Å². The van der Waals surface area contributed by atoms with Crippen LogP contribution in [0.1, 0.15) is 59.7 Å². The van der Waals surface area contributed by atoms with Crippen LogP contribution in [0.15, 0.2) is 35.5 Å². The number of fused-ring (bicyclic) bond motifs is 1. The normalized spacial score (nSPS) is 20.1. The number of amides is 1. The maximum atomic E-state index is 12.9. The van der Waals surface area contributed by atoms with Crippen LogP contribution in [0.4, 0.5) is 4.79 Å². The van der Waals surface area contributed by atoms with Crippen LogP contribution in [-0.2, 0) is 9.53 Å². The van der Waals surface area contributed by atoms with Crippen molar-refractivity contribution in [2.24, 2.45) is 16.8 Å². The second-order valence-electron chi connectivity index (χ2n) is 11.1. The van der Waals surface area contributed by atoms with Crippen molar-refractivity contribution >= 4 is 28.7 Å². The number of allylic oxidation sites excluding steroid dienone is 1. The second-order valence-corrected chi connectivity index (χ2v) is 11.1. The Labute approximate surface area is 224 Å². The third-order valence-corrected chi connectivity index (χ3v) is 6.67. The summed E-state index contributed by atoms with van der Waals surface area (Å²) in [5, 5.41) is 10.7. The molecule has 1 aliphatic rings. The molecule has 9 heteroatoms. The van der Waals surface area contributed by atoms with E-state index in [1.54, 1.807) is 40.9 Å². The Hall–Kier alpha value is -3.62. The first-order valence-corrected chi connectivity index (χ1v) is 12.8. The first-order chi connectivity index (χ1) is 17.6. The largest absolute Gasteiger partial charge is 0.496 e. The van der Waals surface area contributed by atoms with E-state index in [1.807, 2.05) is 39.8 Å². The number of ether oxygens (including phenoxy) is 3. The first-order valence-electron chi connectivity index (χ1n) is 12.8. The fourth-order valence-electron chi connectivity index (χ4n) is 4.42. The average molecular weight is 526 g/mol. The summed E-state index contributed by atoms with van der Waals surface area (Å²) < 4.78 is 17.5. The van der Waals surface area contributed by atoms with Gasteiger partial charge >= 0.3 is 12.1 Å². The summed E-state index contributed by atoms with van der Waals surface area (Å²) in [6.07, 6.45) is -1.27. The van der Waals surface area contributed by atoms with Crippen LogP contribution in [0.5, 0.6) is 11.5 Å². The Balaban J connectivity index is 2.08. The standard InChI is InChI=1S/C29H39N3O6/c1-15(2)18(5)30-19(6)21-13-23(20-11-12-22(36-10)16(3)25(20)31-21)37-24-14-32(26(17(24)4)27(33)34)28(35)38-29(7,8)9/h11-13,15,17,24,26H,5,14H2,1-4,6-10H3,(H,33,34)/b30-19+/t17-,24+,26+/m1/s1. The number of aliphatic carboxylic acids is 1. The molecular formula is C29H39N3O6. The summed E-state index contributed by atoms with van der Waals surface area (Å²) in [6.45, 7) is 18.9. The fourth-order valence-corrected chi connectivity index (χ4v) is 4.42. The highest BCUT2D eigenvalue weighted by molar-refractivity contribution is 6.01. The molecule has 1 aromatic heterocycles. The smallest absolute Gasteiger partial charge is 0.411 e. The number of rotatable bonds is 7. The summed E-state index contributed by atoms with van der Waals surface area (Å²) >= 11 is 0. The SMILES string of the molecule is C=C(/N=C(\C)c1cc(O[C@H]2CN(C(=O)OC(C)(C)C)[C@H](C(=O)O)[C@@H]2C)c2ccc(OC)c(C)c2n1)C(C)C. The van der Waals surface area contributed by atoms with Crippen molar-refractivity contribution in [2.45, 2.75) is 73.1 Å². The molecule has 3 rings (SSSR count). The van der Waals surface area contributed by atoms with Gasteiger partial charge < -0.3 is 19.3 Å². The van der Waals surface area contributed by atoms with Gasteiger partial charge in [-0.25, -0.2) is 14.6 Å². The lowest BCUT2D eigenvalue weighted by atomic mass is 10.0. The highest BCUT2D eigenvalue weighted by atomic mass is 16.6. The topological polar surface area (TPSA) is 111 Å². The average Bonchev–Trinajstić information content (AvgIpc) is 3.14. The molecule has 206 valence electrons. The van der Waals surface area contributed by atoms with E-state index in [0.717, 1.165) is 16.6 Å². The fraction of sp³-hybridized carbons (Fsp3) is 0.517. The number of aryl methyl sites for hydroxylation is 1. The van der Waals surface area contributed by atoms with Gasteiger partial charge in [0.15, 0.2) is 0 Å². The molecule has 9 nitrogen and oxygen atoms in total. The Bertz CT molecular complexity index is 1280. The number of carboxylic acid groups (broad SMARTS) is 1. The number of carbonyl (C=O) groups is 2. The summed E-state index contributed by atoms with van der Waals surface area (Å²) in [5.74, 6) is -0.223. The number of hydrogen-bond donors (Lipinski definition) is 1. The van der Waals surface area contributed by atoms with Gasteiger partial charge in [0.1, 0.15) is 29.2 Å². The van der Waals surface area contributed by atoms with Crippen molar-refractivity contribution in [2.75, 3.05) is 13.7 Å². The lowest BCUT2D eigenvalue weighted by molar-refractivity contribution is -0.143. The molecule has 0 bridgehead atoms. The molecule has 2 heterocycles. The van der Waals surface area contributed by atoms with Crippen LogP contribution in [0.25, 0.3) is 10.9 Å². The van der Waals surface area contributed by atoms with E-state index in [4.69, 9.17) is 19.2 Å². The van der Waals surface area contributed by atoms with Crippen LogP contribution in [0.2, 0.25) is 0 Å². The number of carbonyl (C=O) groups excluding carboxylic acids is 1. The Kier molecular flexibility index (Phi) is 8.39. The molecule has 1 N–H and O–H groups in total. The summed E-state index contributed by atoms with van der Waals surface area (Å²) in [4.78, 5) is 35.8. The summed E-state index contributed by atoms with van der Waals surface area (Å²) in [6, 6.07) is 4.44. The molecule has 3 atom stereocenters. The van der Waals surface area contributed by atoms with Crippen molar-refractivity contribution in [3.63, 3.8) is 0 Å². The Morgan fingerprint density at radius 1 is 1.24 bits per heavy atom. The number of aliphatic imine (C=N–C) groups is 1. The van der Waals surface area contributed by atoms with E-state index in [-0.39, 0.29) is 12.5 Å². The zero-order chi connectivity index (χ0) is 28.5. The highest BCUT2D eigenvalue weighted by Crippen LogP contribution is 2.36. The van der Waals surface area contributed by atoms with Gasteiger partial charge in [0.25, 0.3) is 0 Å². The molecule has 0 spiro atoms. The number of methoxy groups -OCH3 is 1. The van der Waals surface area contributed by atoms with Gasteiger partial charge in [-0.2, -0.15) is 0 Å². The third kappa shape index (κ3) is 6.09. The van der Waals surface area contributed by atoms with Gasteiger partial charge in [0.05, 0.1) is 30.6 Å². The number of likely N-dealkylation sites (tertiary alicyclic amines) is 1. The molecule has 1 aromatic carbocycles. The molecule has 1 saturated heterocycles. The lowest BCUT2D eigenvalue weighted by Crippen LogP contribution is -2.45. The Morgan fingerprint density at radius 2 is 1.89 bits per heavy atom. The maximum absolute atomic E-state index is 12.9. The number of carboxylic acids is 1. The van der Waals surface area contributed by atoms with Crippen molar-refractivity contribution in [1.29, 1.82) is 0 Å². The minimum atomic E-state index is -1.11. The van der Waals surface area contributed by atoms with Gasteiger partial charge in [-0.05, 0) is 52.7 Å². The van der Waals surface area contributed by atoms with Gasteiger partial charge in [0.2, 0.25) is 0 Å². The number of benzene rings is 1. The van der Waals surface area contributed by atoms with Crippen molar-refractivity contribution in [3.05, 3.63) is 41.7 Å². The minimum Gasteiger partial charge on any atom is -0.496 e.